The Hall–Kier alpha value is -4.59. The minimum absolute atomic E-state index is 0.0742. The second-order valence-corrected chi connectivity index (χ2v) is 8.13. The number of hydrogen-bond acceptors (Lipinski definition) is 7. The number of Topliss-reactive ketones (excluding diaryl/α,β-unsaturated/α-hetero) is 1. The Morgan fingerprint density at radius 1 is 0.917 bits per heavy atom. The van der Waals surface area contributed by atoms with Gasteiger partial charge in [0, 0.05) is 16.8 Å². The largest absolute Gasteiger partial charge is 0.507 e. The van der Waals surface area contributed by atoms with Crippen molar-refractivity contribution in [2.75, 3.05) is 26.2 Å². The van der Waals surface area contributed by atoms with Crippen LogP contribution < -0.4 is 14.4 Å². The zero-order chi connectivity index (χ0) is 26.0. The quantitative estimate of drug-likeness (QED) is 0.238. The molecular formula is C28H25NO7. The van der Waals surface area contributed by atoms with Crippen LogP contribution >= 0.6 is 0 Å². The molecule has 184 valence electrons. The van der Waals surface area contributed by atoms with Crippen LogP contribution in [-0.2, 0) is 14.3 Å². The molecule has 3 aromatic carbocycles. The molecule has 0 radical (unpaired) electrons. The molecule has 1 atom stereocenters. The summed E-state index contributed by atoms with van der Waals surface area (Å²) in [4.78, 5) is 40.0. The third-order valence-corrected chi connectivity index (χ3v) is 6.13. The Balaban J connectivity index is 1.94. The van der Waals surface area contributed by atoms with Crippen molar-refractivity contribution in [2.45, 2.75) is 13.0 Å². The highest BCUT2D eigenvalue weighted by Gasteiger charge is 2.48. The third-order valence-electron chi connectivity index (χ3n) is 6.13. The standard InChI is InChI=1S/C28H25NO7/c1-16-15-19(34-2)13-14-20(16)25(30)23-24(21-7-5-6-8-22(21)35-3)29(27(32)26(23)31)18-11-9-17(10-12-18)28(33)36-4/h5-15,24,30H,1-4H3/b25-23+. The number of esters is 1. The predicted molar refractivity (Wildman–Crippen MR) is 133 cm³/mol. The summed E-state index contributed by atoms with van der Waals surface area (Å²) in [5, 5.41) is 11.4. The first-order valence-electron chi connectivity index (χ1n) is 11.1. The maximum atomic E-state index is 13.4. The van der Waals surface area contributed by atoms with Crippen molar-refractivity contribution in [3.8, 4) is 11.5 Å². The van der Waals surface area contributed by atoms with Crippen molar-refractivity contribution in [3.05, 3.63) is 94.6 Å². The van der Waals surface area contributed by atoms with E-state index in [0.717, 1.165) is 0 Å². The number of benzene rings is 3. The molecular weight excluding hydrogens is 462 g/mol. The summed E-state index contributed by atoms with van der Waals surface area (Å²) >= 11 is 0. The molecule has 1 N–H and O–H groups in total. The highest BCUT2D eigenvalue weighted by molar-refractivity contribution is 6.51. The minimum atomic E-state index is -0.980. The number of para-hydroxylation sites is 1. The van der Waals surface area contributed by atoms with Gasteiger partial charge in [-0.25, -0.2) is 4.79 Å². The number of ketones is 1. The Kier molecular flexibility index (Phi) is 6.78. The maximum absolute atomic E-state index is 13.4. The second kappa shape index (κ2) is 9.95. The molecule has 0 bridgehead atoms. The molecule has 1 saturated heterocycles. The fraction of sp³-hybridized carbons (Fsp3) is 0.179. The van der Waals surface area contributed by atoms with E-state index in [0.29, 0.717) is 39.4 Å². The number of carbonyl (C=O) groups is 3. The van der Waals surface area contributed by atoms with Gasteiger partial charge in [0.2, 0.25) is 0 Å². The zero-order valence-electron chi connectivity index (χ0n) is 20.3. The van der Waals surface area contributed by atoms with Crippen LogP contribution in [0.5, 0.6) is 11.5 Å². The number of nitrogens with zero attached hydrogens (tertiary/aromatic N) is 1. The van der Waals surface area contributed by atoms with Gasteiger partial charge in [-0.3, -0.25) is 14.5 Å². The monoisotopic (exact) mass is 487 g/mol. The van der Waals surface area contributed by atoms with Crippen LogP contribution in [0, 0.1) is 6.92 Å². The van der Waals surface area contributed by atoms with Gasteiger partial charge >= 0.3 is 5.97 Å². The summed E-state index contributed by atoms with van der Waals surface area (Å²) in [5.41, 5.74) is 2.17. The smallest absolute Gasteiger partial charge is 0.337 e. The van der Waals surface area contributed by atoms with E-state index in [-0.39, 0.29) is 11.3 Å². The van der Waals surface area contributed by atoms with Crippen molar-refractivity contribution in [2.24, 2.45) is 0 Å². The van der Waals surface area contributed by atoms with E-state index >= 15 is 0 Å². The Morgan fingerprint density at radius 3 is 2.22 bits per heavy atom. The molecule has 0 aliphatic carbocycles. The molecule has 1 heterocycles. The molecule has 1 amide bonds. The first-order chi connectivity index (χ1) is 17.3. The highest BCUT2D eigenvalue weighted by atomic mass is 16.5. The average Bonchev–Trinajstić information content (AvgIpc) is 3.17. The average molecular weight is 488 g/mol. The van der Waals surface area contributed by atoms with E-state index in [2.05, 4.69) is 0 Å². The van der Waals surface area contributed by atoms with Gasteiger partial charge < -0.3 is 19.3 Å². The number of anilines is 1. The number of aliphatic hydroxyl groups excluding tert-OH is 1. The summed E-state index contributed by atoms with van der Waals surface area (Å²) in [7, 11) is 4.30. The van der Waals surface area contributed by atoms with Gasteiger partial charge in [0.25, 0.3) is 11.7 Å². The van der Waals surface area contributed by atoms with Crippen LogP contribution in [0.2, 0.25) is 0 Å². The molecule has 3 aromatic rings. The molecule has 4 rings (SSSR count). The second-order valence-electron chi connectivity index (χ2n) is 8.13. The van der Waals surface area contributed by atoms with Gasteiger partial charge in [0.05, 0.1) is 38.5 Å². The lowest BCUT2D eigenvalue weighted by Crippen LogP contribution is -2.29. The number of methoxy groups -OCH3 is 3. The SMILES string of the molecule is COC(=O)c1ccc(N2C(=O)C(=O)/C(=C(/O)c3ccc(OC)cc3C)C2c2ccccc2OC)cc1. The fourth-order valence-electron chi connectivity index (χ4n) is 4.34. The predicted octanol–water partition coefficient (Wildman–Crippen LogP) is 4.43. The van der Waals surface area contributed by atoms with Crippen LogP contribution in [-0.4, -0.2) is 44.1 Å². The lowest BCUT2D eigenvalue weighted by molar-refractivity contribution is -0.132. The number of amides is 1. The van der Waals surface area contributed by atoms with Crippen LogP contribution in [0.1, 0.15) is 33.1 Å². The first-order valence-corrected chi connectivity index (χ1v) is 11.1. The summed E-state index contributed by atoms with van der Waals surface area (Å²) < 4.78 is 15.5. The molecule has 8 nitrogen and oxygen atoms in total. The van der Waals surface area contributed by atoms with Gasteiger partial charge in [-0.15, -0.1) is 0 Å². The van der Waals surface area contributed by atoms with E-state index < -0.39 is 23.7 Å². The molecule has 8 heteroatoms. The van der Waals surface area contributed by atoms with E-state index in [1.54, 1.807) is 61.5 Å². The molecule has 1 fully saturated rings. The number of hydrogen-bond donors (Lipinski definition) is 1. The number of carbonyl (C=O) groups excluding carboxylic acids is 3. The van der Waals surface area contributed by atoms with E-state index in [1.807, 2.05) is 0 Å². The minimum Gasteiger partial charge on any atom is -0.507 e. The van der Waals surface area contributed by atoms with Crippen molar-refractivity contribution in [1.82, 2.24) is 0 Å². The number of aryl methyl sites for hydroxylation is 1. The normalized spacial score (nSPS) is 16.7. The van der Waals surface area contributed by atoms with Gasteiger partial charge in [0.1, 0.15) is 17.3 Å². The van der Waals surface area contributed by atoms with Crippen molar-refractivity contribution in [1.29, 1.82) is 0 Å². The van der Waals surface area contributed by atoms with Crippen LogP contribution in [0.3, 0.4) is 0 Å². The lowest BCUT2D eigenvalue weighted by atomic mass is 9.93. The summed E-state index contributed by atoms with van der Waals surface area (Å²) in [6.45, 7) is 1.78. The summed E-state index contributed by atoms with van der Waals surface area (Å²) in [6.07, 6.45) is 0. The molecule has 0 saturated carbocycles. The summed E-state index contributed by atoms with van der Waals surface area (Å²) in [5.74, 6) is -1.45. The first kappa shape index (κ1) is 24.5. The number of rotatable bonds is 6. The van der Waals surface area contributed by atoms with Gasteiger partial charge in [-0.1, -0.05) is 18.2 Å². The van der Waals surface area contributed by atoms with E-state index in [4.69, 9.17) is 14.2 Å². The molecule has 0 spiro atoms. The van der Waals surface area contributed by atoms with Gasteiger partial charge in [0.15, 0.2) is 0 Å². The fourth-order valence-corrected chi connectivity index (χ4v) is 4.34. The molecule has 0 aromatic heterocycles. The van der Waals surface area contributed by atoms with Crippen molar-refractivity contribution >= 4 is 29.1 Å². The summed E-state index contributed by atoms with van der Waals surface area (Å²) in [6, 6.07) is 17.2. The van der Waals surface area contributed by atoms with Crippen LogP contribution in [0.4, 0.5) is 5.69 Å². The molecule has 1 unspecified atom stereocenters. The lowest BCUT2D eigenvalue weighted by Gasteiger charge is -2.27. The zero-order valence-corrected chi connectivity index (χ0v) is 20.3. The highest BCUT2D eigenvalue weighted by Crippen LogP contribution is 2.45. The third kappa shape index (κ3) is 4.17. The van der Waals surface area contributed by atoms with Crippen molar-refractivity contribution < 1.29 is 33.7 Å². The maximum Gasteiger partial charge on any atom is 0.337 e. The Bertz CT molecular complexity index is 1370. The van der Waals surface area contributed by atoms with Gasteiger partial charge in [-0.2, -0.15) is 0 Å². The molecule has 1 aliphatic heterocycles. The Morgan fingerprint density at radius 2 is 1.61 bits per heavy atom. The van der Waals surface area contributed by atoms with Crippen molar-refractivity contribution in [3.63, 3.8) is 0 Å². The Labute approximate surface area is 208 Å². The molecule has 36 heavy (non-hydrogen) atoms. The van der Waals surface area contributed by atoms with E-state index in [9.17, 15) is 19.5 Å². The van der Waals surface area contributed by atoms with Crippen LogP contribution in [0.15, 0.2) is 72.3 Å². The van der Waals surface area contributed by atoms with E-state index in [1.165, 1.54) is 38.4 Å². The number of ether oxygens (including phenoxy) is 3. The number of aliphatic hydroxyl groups is 1. The van der Waals surface area contributed by atoms with Gasteiger partial charge in [-0.05, 0) is 61.0 Å². The molecule has 1 aliphatic rings. The topological polar surface area (TPSA) is 102 Å². The van der Waals surface area contributed by atoms with Crippen LogP contribution in [0.25, 0.3) is 5.76 Å².